The fraction of sp³-hybridized carbons (Fsp3) is 0.250. The predicted molar refractivity (Wildman–Crippen MR) is 29.4 cm³/mol. The SMILES string of the molecule is C=CC(=O)OC.[KH]. The van der Waals surface area contributed by atoms with Crippen molar-refractivity contribution in [1.82, 2.24) is 0 Å². The van der Waals surface area contributed by atoms with E-state index < -0.39 is 5.97 Å². The quantitative estimate of drug-likeness (QED) is 0.274. The summed E-state index contributed by atoms with van der Waals surface area (Å²) in [7, 11) is 1.31. The minimum absolute atomic E-state index is 0. The van der Waals surface area contributed by atoms with Crippen LogP contribution in [-0.2, 0) is 9.53 Å². The standard InChI is InChI=1S/C4H6O2.K.H/c1-3-4(5)6-2;;/h3H,1H2,2H3;;. The molecule has 0 aliphatic carbocycles. The number of carbonyl (C=O) groups excluding carboxylic acids is 1. The first-order valence-electron chi connectivity index (χ1n) is 1.51. The van der Waals surface area contributed by atoms with Gasteiger partial charge in [0.2, 0.25) is 0 Å². The second kappa shape index (κ2) is 6.85. The van der Waals surface area contributed by atoms with Crippen LogP contribution in [0, 0.1) is 0 Å². The van der Waals surface area contributed by atoms with Gasteiger partial charge in [0, 0.05) is 6.08 Å². The van der Waals surface area contributed by atoms with Gasteiger partial charge in [0.25, 0.3) is 0 Å². The first kappa shape index (κ1) is 10.8. The molecule has 0 aromatic carbocycles. The topological polar surface area (TPSA) is 26.3 Å². The normalized spacial score (nSPS) is 5.86. The van der Waals surface area contributed by atoms with Crippen molar-refractivity contribution >= 4 is 57.4 Å². The Balaban J connectivity index is 0. The summed E-state index contributed by atoms with van der Waals surface area (Å²) >= 11 is 0. The Hall–Kier alpha value is 0.846. The maximum absolute atomic E-state index is 9.84. The molecule has 0 radical (unpaired) electrons. The second-order valence-electron chi connectivity index (χ2n) is 0.727. The molecular weight excluding hydrogens is 119 g/mol. The van der Waals surface area contributed by atoms with Gasteiger partial charge in [0.15, 0.2) is 0 Å². The summed E-state index contributed by atoms with van der Waals surface area (Å²) in [5.41, 5.74) is 0. The van der Waals surface area contributed by atoms with Gasteiger partial charge in [-0.05, 0) is 0 Å². The second-order valence-corrected chi connectivity index (χ2v) is 0.727. The molecular formula is C4H7KO2. The number of ether oxygens (including phenoxy) is 1. The average Bonchev–Trinajstić information content (AvgIpc) is 1.65. The van der Waals surface area contributed by atoms with Gasteiger partial charge in [-0.3, -0.25) is 0 Å². The Morgan fingerprint density at radius 1 is 1.86 bits per heavy atom. The molecule has 0 aliphatic heterocycles. The van der Waals surface area contributed by atoms with Crippen LogP contribution in [0.15, 0.2) is 12.7 Å². The van der Waals surface area contributed by atoms with Gasteiger partial charge >= 0.3 is 57.4 Å². The monoisotopic (exact) mass is 126 g/mol. The molecule has 0 rings (SSSR count). The Kier molecular flexibility index (Phi) is 10.5. The Morgan fingerprint density at radius 2 is 2.29 bits per heavy atom. The summed E-state index contributed by atoms with van der Waals surface area (Å²) in [5, 5.41) is 0. The van der Waals surface area contributed by atoms with Gasteiger partial charge in [-0.2, -0.15) is 0 Å². The first-order valence-corrected chi connectivity index (χ1v) is 1.51. The van der Waals surface area contributed by atoms with Gasteiger partial charge in [0.1, 0.15) is 0 Å². The van der Waals surface area contributed by atoms with E-state index in [0.29, 0.717) is 0 Å². The van der Waals surface area contributed by atoms with Crippen molar-refractivity contribution in [3.8, 4) is 0 Å². The van der Waals surface area contributed by atoms with E-state index in [1.807, 2.05) is 0 Å². The zero-order valence-corrected chi connectivity index (χ0v) is 3.60. The van der Waals surface area contributed by atoms with E-state index in [2.05, 4.69) is 11.3 Å². The summed E-state index contributed by atoms with van der Waals surface area (Å²) in [5.74, 6) is -0.394. The average molecular weight is 126 g/mol. The van der Waals surface area contributed by atoms with Crippen LogP contribution >= 0.6 is 0 Å². The Morgan fingerprint density at radius 3 is 2.29 bits per heavy atom. The molecule has 0 amide bonds. The Labute approximate surface area is 85.3 Å². The molecule has 0 atom stereocenters. The van der Waals surface area contributed by atoms with Gasteiger partial charge in [-0.25, -0.2) is 4.79 Å². The number of methoxy groups -OCH3 is 1. The third-order valence-corrected chi connectivity index (χ3v) is 0.368. The summed E-state index contributed by atoms with van der Waals surface area (Å²) in [6.07, 6.45) is 1.11. The fourth-order valence-corrected chi connectivity index (χ4v) is 0.0833. The van der Waals surface area contributed by atoms with Gasteiger partial charge in [-0.15, -0.1) is 0 Å². The molecule has 0 saturated carbocycles. The van der Waals surface area contributed by atoms with Crippen molar-refractivity contribution in [3.63, 3.8) is 0 Å². The molecule has 0 unspecified atom stereocenters. The summed E-state index contributed by atoms with van der Waals surface area (Å²) < 4.78 is 4.14. The molecule has 0 aromatic rings. The molecule has 0 saturated heterocycles. The van der Waals surface area contributed by atoms with E-state index in [1.54, 1.807) is 0 Å². The van der Waals surface area contributed by atoms with E-state index in [-0.39, 0.29) is 51.4 Å². The first-order chi connectivity index (χ1) is 2.81. The zero-order valence-electron chi connectivity index (χ0n) is 3.60. The predicted octanol–water partition coefficient (Wildman–Crippen LogP) is -0.303. The van der Waals surface area contributed by atoms with Crippen molar-refractivity contribution in [2.45, 2.75) is 0 Å². The van der Waals surface area contributed by atoms with Gasteiger partial charge in [-0.1, -0.05) is 6.58 Å². The van der Waals surface area contributed by atoms with E-state index >= 15 is 0 Å². The van der Waals surface area contributed by atoms with Gasteiger partial charge < -0.3 is 4.74 Å². The number of hydrogen-bond acceptors (Lipinski definition) is 2. The van der Waals surface area contributed by atoms with Crippen LogP contribution in [0.1, 0.15) is 0 Å². The molecule has 2 nitrogen and oxygen atoms in total. The van der Waals surface area contributed by atoms with Crippen molar-refractivity contribution in [1.29, 1.82) is 0 Å². The van der Waals surface area contributed by atoms with Crippen molar-refractivity contribution in [3.05, 3.63) is 12.7 Å². The molecule has 0 bridgehead atoms. The molecule has 0 heterocycles. The summed E-state index contributed by atoms with van der Waals surface area (Å²) in [6, 6.07) is 0. The van der Waals surface area contributed by atoms with Crippen molar-refractivity contribution < 1.29 is 9.53 Å². The fourth-order valence-electron chi connectivity index (χ4n) is 0.0833. The van der Waals surface area contributed by atoms with Crippen LogP contribution in [0.2, 0.25) is 0 Å². The molecule has 3 heteroatoms. The molecule has 7 heavy (non-hydrogen) atoms. The van der Waals surface area contributed by atoms with Crippen LogP contribution in [0.3, 0.4) is 0 Å². The zero-order chi connectivity index (χ0) is 4.99. The number of carbonyl (C=O) groups is 1. The number of hydrogen-bond donors (Lipinski definition) is 0. The molecule has 0 spiro atoms. The minimum atomic E-state index is -0.394. The van der Waals surface area contributed by atoms with Crippen LogP contribution < -0.4 is 0 Å². The molecule has 36 valence electrons. The molecule has 0 aromatic heterocycles. The summed E-state index contributed by atoms with van der Waals surface area (Å²) in [4.78, 5) is 9.84. The van der Waals surface area contributed by atoms with Crippen LogP contribution in [0.5, 0.6) is 0 Å². The third kappa shape index (κ3) is 6.85. The van der Waals surface area contributed by atoms with E-state index in [0.717, 1.165) is 6.08 Å². The summed E-state index contributed by atoms with van der Waals surface area (Å²) in [6.45, 7) is 3.16. The molecule has 0 N–H and O–H groups in total. The van der Waals surface area contributed by atoms with Crippen molar-refractivity contribution in [2.24, 2.45) is 0 Å². The van der Waals surface area contributed by atoms with E-state index in [9.17, 15) is 4.79 Å². The molecule has 0 fully saturated rings. The van der Waals surface area contributed by atoms with Crippen molar-refractivity contribution in [2.75, 3.05) is 7.11 Å². The molecule has 0 aliphatic rings. The number of rotatable bonds is 1. The van der Waals surface area contributed by atoms with E-state index in [1.165, 1.54) is 7.11 Å². The Bertz CT molecular complexity index is 70.1. The maximum atomic E-state index is 9.84. The van der Waals surface area contributed by atoms with Crippen LogP contribution in [0.25, 0.3) is 0 Å². The van der Waals surface area contributed by atoms with Crippen LogP contribution in [-0.4, -0.2) is 64.5 Å². The van der Waals surface area contributed by atoms with Gasteiger partial charge in [0.05, 0.1) is 7.11 Å². The van der Waals surface area contributed by atoms with Crippen LogP contribution in [0.4, 0.5) is 0 Å². The number of esters is 1. The van der Waals surface area contributed by atoms with E-state index in [4.69, 9.17) is 0 Å². The third-order valence-electron chi connectivity index (χ3n) is 0.368.